The highest BCUT2D eigenvalue weighted by atomic mass is 16.5. The van der Waals surface area contributed by atoms with E-state index in [0.29, 0.717) is 30.6 Å². The minimum absolute atomic E-state index is 0.0949. The van der Waals surface area contributed by atoms with E-state index in [0.717, 1.165) is 37.1 Å². The summed E-state index contributed by atoms with van der Waals surface area (Å²) in [6.45, 7) is 10.3. The van der Waals surface area contributed by atoms with E-state index in [-0.39, 0.29) is 17.2 Å². The largest absolute Gasteiger partial charge is 0.497 e. The molecule has 1 aromatic carbocycles. The molecule has 158 valence electrons. The molecule has 1 amide bonds. The molecule has 0 N–H and O–H groups in total. The first-order valence-corrected chi connectivity index (χ1v) is 10.5. The van der Waals surface area contributed by atoms with Gasteiger partial charge in [-0.2, -0.15) is 4.98 Å². The Hall–Kier alpha value is -2.37. The second kappa shape index (κ2) is 8.97. The SMILES string of the molecule is COc1cccc(-c2noc([C@H]3CCCN(C(=O)C[C@@H](C)CC(C)(C)C)C3)n2)c1. The fourth-order valence-corrected chi connectivity index (χ4v) is 4.23. The lowest BCUT2D eigenvalue weighted by Crippen LogP contribution is -2.40. The molecule has 0 aliphatic carbocycles. The van der Waals surface area contributed by atoms with E-state index >= 15 is 0 Å². The van der Waals surface area contributed by atoms with E-state index in [1.54, 1.807) is 7.11 Å². The topological polar surface area (TPSA) is 68.5 Å². The van der Waals surface area contributed by atoms with Gasteiger partial charge in [0, 0.05) is 25.1 Å². The Morgan fingerprint density at radius 1 is 1.38 bits per heavy atom. The summed E-state index contributed by atoms with van der Waals surface area (Å²) < 4.78 is 10.8. The van der Waals surface area contributed by atoms with Crippen molar-refractivity contribution >= 4 is 5.91 Å². The molecule has 1 aromatic heterocycles. The maximum atomic E-state index is 12.8. The van der Waals surface area contributed by atoms with Crippen LogP contribution in [0.4, 0.5) is 0 Å². The summed E-state index contributed by atoms with van der Waals surface area (Å²) in [5.74, 6) is 2.64. The number of carbonyl (C=O) groups excluding carboxylic acids is 1. The first-order chi connectivity index (χ1) is 13.7. The van der Waals surface area contributed by atoms with Gasteiger partial charge in [-0.15, -0.1) is 0 Å². The number of carbonyl (C=O) groups is 1. The van der Waals surface area contributed by atoms with Crippen molar-refractivity contribution in [2.24, 2.45) is 11.3 Å². The number of methoxy groups -OCH3 is 1. The van der Waals surface area contributed by atoms with Crippen LogP contribution in [0.5, 0.6) is 5.75 Å². The molecule has 0 saturated carbocycles. The lowest BCUT2D eigenvalue weighted by Gasteiger charge is -2.32. The van der Waals surface area contributed by atoms with Gasteiger partial charge < -0.3 is 14.2 Å². The van der Waals surface area contributed by atoms with E-state index < -0.39 is 0 Å². The Kier molecular flexibility index (Phi) is 6.60. The van der Waals surface area contributed by atoms with Crippen molar-refractivity contribution in [1.82, 2.24) is 15.0 Å². The highest BCUT2D eigenvalue weighted by molar-refractivity contribution is 5.76. The third kappa shape index (κ3) is 5.81. The summed E-state index contributed by atoms with van der Waals surface area (Å²) in [7, 11) is 1.64. The van der Waals surface area contributed by atoms with E-state index in [2.05, 4.69) is 37.8 Å². The number of ether oxygens (including phenoxy) is 1. The zero-order valence-electron chi connectivity index (χ0n) is 18.3. The predicted octanol–water partition coefficient (Wildman–Crippen LogP) is 4.91. The normalized spacial score (nSPS) is 18.5. The van der Waals surface area contributed by atoms with E-state index in [1.807, 2.05) is 29.2 Å². The molecule has 0 spiro atoms. The minimum Gasteiger partial charge on any atom is -0.497 e. The van der Waals surface area contributed by atoms with Gasteiger partial charge >= 0.3 is 0 Å². The average Bonchev–Trinajstić information content (AvgIpc) is 3.17. The molecule has 1 fully saturated rings. The Bertz CT molecular complexity index is 825. The van der Waals surface area contributed by atoms with Gasteiger partial charge in [0.15, 0.2) is 0 Å². The van der Waals surface area contributed by atoms with Gasteiger partial charge in [-0.1, -0.05) is 45.0 Å². The van der Waals surface area contributed by atoms with Crippen LogP contribution in [0.3, 0.4) is 0 Å². The Morgan fingerprint density at radius 2 is 2.17 bits per heavy atom. The van der Waals surface area contributed by atoms with Crippen LogP contribution in [0.1, 0.15) is 65.2 Å². The van der Waals surface area contributed by atoms with Crippen LogP contribution < -0.4 is 4.74 Å². The van der Waals surface area contributed by atoms with Crippen molar-refractivity contribution < 1.29 is 14.1 Å². The second-order valence-electron chi connectivity index (χ2n) is 9.44. The molecule has 1 aliphatic rings. The van der Waals surface area contributed by atoms with Gasteiger partial charge in [0.25, 0.3) is 0 Å². The Morgan fingerprint density at radius 3 is 2.90 bits per heavy atom. The first-order valence-electron chi connectivity index (χ1n) is 10.5. The average molecular weight is 400 g/mol. The number of nitrogens with zero attached hydrogens (tertiary/aromatic N) is 3. The van der Waals surface area contributed by atoms with Crippen molar-refractivity contribution in [2.75, 3.05) is 20.2 Å². The lowest BCUT2D eigenvalue weighted by molar-refractivity contribution is -0.133. The quantitative estimate of drug-likeness (QED) is 0.690. The van der Waals surface area contributed by atoms with Crippen LogP contribution in [-0.4, -0.2) is 41.1 Å². The van der Waals surface area contributed by atoms with Crippen molar-refractivity contribution in [3.8, 4) is 17.1 Å². The predicted molar refractivity (Wildman–Crippen MR) is 113 cm³/mol. The summed E-state index contributed by atoms with van der Waals surface area (Å²) in [4.78, 5) is 19.4. The number of piperidine rings is 1. The summed E-state index contributed by atoms with van der Waals surface area (Å²) >= 11 is 0. The number of rotatable bonds is 6. The summed E-state index contributed by atoms with van der Waals surface area (Å²) in [6, 6.07) is 7.62. The fraction of sp³-hybridized carbons (Fsp3) is 0.609. The van der Waals surface area contributed by atoms with Crippen LogP contribution in [0, 0.1) is 11.3 Å². The maximum Gasteiger partial charge on any atom is 0.231 e. The third-order valence-electron chi connectivity index (χ3n) is 5.38. The van der Waals surface area contributed by atoms with Crippen molar-refractivity contribution in [3.05, 3.63) is 30.2 Å². The Balaban J connectivity index is 1.63. The van der Waals surface area contributed by atoms with Crippen LogP contribution in [-0.2, 0) is 4.79 Å². The van der Waals surface area contributed by atoms with Crippen molar-refractivity contribution in [2.45, 2.75) is 59.3 Å². The fourth-order valence-electron chi connectivity index (χ4n) is 4.23. The van der Waals surface area contributed by atoms with E-state index in [9.17, 15) is 4.79 Å². The molecule has 6 heteroatoms. The van der Waals surface area contributed by atoms with Gasteiger partial charge in [0.05, 0.1) is 13.0 Å². The van der Waals surface area contributed by atoms with Gasteiger partial charge in [-0.3, -0.25) is 4.79 Å². The van der Waals surface area contributed by atoms with Crippen LogP contribution >= 0.6 is 0 Å². The van der Waals surface area contributed by atoms with Crippen LogP contribution in [0.2, 0.25) is 0 Å². The summed E-state index contributed by atoms with van der Waals surface area (Å²) in [6.07, 6.45) is 3.56. The molecule has 2 aromatic rings. The third-order valence-corrected chi connectivity index (χ3v) is 5.38. The zero-order valence-corrected chi connectivity index (χ0v) is 18.3. The molecule has 0 unspecified atom stereocenters. The molecular weight excluding hydrogens is 366 g/mol. The smallest absolute Gasteiger partial charge is 0.231 e. The molecule has 1 aliphatic heterocycles. The lowest BCUT2D eigenvalue weighted by atomic mass is 9.84. The first kappa shape index (κ1) is 21.3. The summed E-state index contributed by atoms with van der Waals surface area (Å²) in [5.41, 5.74) is 1.10. The van der Waals surface area contributed by atoms with Gasteiger partial charge in [0.1, 0.15) is 5.75 Å². The maximum absolute atomic E-state index is 12.8. The molecule has 0 bridgehead atoms. The van der Waals surface area contributed by atoms with Gasteiger partial charge in [-0.25, -0.2) is 0 Å². The minimum atomic E-state index is 0.0949. The van der Waals surface area contributed by atoms with E-state index in [4.69, 9.17) is 9.26 Å². The molecule has 0 radical (unpaired) electrons. The number of aromatic nitrogens is 2. The number of hydrogen-bond acceptors (Lipinski definition) is 5. The van der Waals surface area contributed by atoms with Crippen molar-refractivity contribution in [1.29, 1.82) is 0 Å². The standard InChI is InChI=1S/C23H33N3O3/c1-16(14-23(2,3)4)12-20(27)26-11-7-9-18(15-26)22-24-21(25-29-22)17-8-6-10-19(13-17)28-5/h6,8,10,13,16,18H,7,9,11-12,14-15H2,1-5H3/t16-,18+/m1/s1. The number of benzene rings is 1. The van der Waals surface area contributed by atoms with Gasteiger partial charge in [-0.05, 0) is 42.7 Å². The molecule has 2 atom stereocenters. The molecule has 1 saturated heterocycles. The second-order valence-corrected chi connectivity index (χ2v) is 9.44. The number of amides is 1. The Labute approximate surface area is 173 Å². The van der Waals surface area contributed by atoms with Crippen LogP contribution in [0.25, 0.3) is 11.4 Å². The monoisotopic (exact) mass is 399 g/mol. The van der Waals surface area contributed by atoms with Crippen LogP contribution in [0.15, 0.2) is 28.8 Å². The highest BCUT2D eigenvalue weighted by Gasteiger charge is 2.29. The van der Waals surface area contributed by atoms with Gasteiger partial charge in [0.2, 0.25) is 17.6 Å². The van der Waals surface area contributed by atoms with Crippen molar-refractivity contribution in [3.63, 3.8) is 0 Å². The molecular formula is C23H33N3O3. The number of hydrogen-bond donors (Lipinski definition) is 0. The molecule has 3 rings (SSSR count). The zero-order chi connectivity index (χ0) is 21.0. The number of likely N-dealkylation sites (tertiary alicyclic amines) is 1. The van der Waals surface area contributed by atoms with E-state index in [1.165, 1.54) is 0 Å². The molecule has 2 heterocycles. The highest BCUT2D eigenvalue weighted by Crippen LogP contribution is 2.30. The molecule has 6 nitrogen and oxygen atoms in total. The molecule has 29 heavy (non-hydrogen) atoms. The summed E-state index contributed by atoms with van der Waals surface area (Å²) in [5, 5.41) is 4.15.